The van der Waals surface area contributed by atoms with Crippen LogP contribution in [-0.4, -0.2) is 45.9 Å². The van der Waals surface area contributed by atoms with Crippen LogP contribution in [0.4, 0.5) is 5.69 Å². The molecule has 3 aromatic carbocycles. The summed E-state index contributed by atoms with van der Waals surface area (Å²) in [4.78, 5) is 48.3. The normalized spacial score (nSPS) is 13.5. The van der Waals surface area contributed by atoms with Crippen LogP contribution < -0.4 is 19.5 Å². The molecule has 2 aliphatic heterocycles. The van der Waals surface area contributed by atoms with E-state index in [0.29, 0.717) is 59.9 Å². The van der Waals surface area contributed by atoms with E-state index in [2.05, 4.69) is 20.2 Å². The first-order valence-electron chi connectivity index (χ1n) is 15.8. The molecule has 11 heteroatoms. The number of rotatable bonds is 10. The summed E-state index contributed by atoms with van der Waals surface area (Å²) in [6.45, 7) is 5.18. The van der Waals surface area contributed by atoms with Crippen molar-refractivity contribution in [1.82, 2.24) is 14.9 Å². The third-order valence-electron chi connectivity index (χ3n) is 8.25. The highest BCUT2D eigenvalue weighted by atomic mass is 16.6. The fourth-order valence-corrected chi connectivity index (χ4v) is 6.26. The molecule has 7 rings (SSSR count). The summed E-state index contributed by atoms with van der Waals surface area (Å²) in [6.07, 6.45) is 3.58. The van der Waals surface area contributed by atoms with E-state index in [1.54, 1.807) is 54.9 Å². The first-order valence-corrected chi connectivity index (χ1v) is 15.8. The van der Waals surface area contributed by atoms with Crippen LogP contribution in [0.1, 0.15) is 52.3 Å². The van der Waals surface area contributed by atoms with Crippen molar-refractivity contribution in [3.05, 3.63) is 137 Å². The Bertz CT molecular complexity index is 1950. The highest BCUT2D eigenvalue weighted by molar-refractivity contribution is 5.97. The Kier molecular flexibility index (Phi) is 8.50. The number of hydrogen-bond donors (Lipinski definition) is 1. The van der Waals surface area contributed by atoms with E-state index in [-0.39, 0.29) is 11.5 Å². The minimum atomic E-state index is -1.39. The molecule has 2 aliphatic rings. The lowest BCUT2D eigenvalue weighted by molar-refractivity contribution is -0.132. The maximum atomic E-state index is 13.5. The van der Waals surface area contributed by atoms with Gasteiger partial charge in [-0.15, -0.1) is 0 Å². The maximum absolute atomic E-state index is 13.5. The molecule has 49 heavy (non-hydrogen) atoms. The Balaban J connectivity index is 1.22. The lowest BCUT2D eigenvalue weighted by Crippen LogP contribution is -2.33. The van der Waals surface area contributed by atoms with Crippen molar-refractivity contribution in [2.75, 3.05) is 18.4 Å². The Hall–Kier alpha value is -6.07. The Morgan fingerprint density at radius 3 is 1.88 bits per heavy atom. The maximum Gasteiger partial charge on any atom is 0.340 e. The van der Waals surface area contributed by atoms with Crippen molar-refractivity contribution < 1.29 is 33.3 Å². The SMILES string of the molecule is CC(=O)Oc1ccc2c(c1)Oc1cc(OC(C)=O)ccc1C21OC(=O)c2ccc(NCCN(Cc3ccccn3)Cc3ccccn3)cc21. The molecular formula is C38H32N4O7. The highest BCUT2D eigenvalue weighted by Gasteiger charge is 2.54. The molecule has 11 nitrogen and oxygen atoms in total. The summed E-state index contributed by atoms with van der Waals surface area (Å²) in [5.41, 5.74) is 3.44. The third-order valence-corrected chi connectivity index (χ3v) is 8.25. The number of esters is 3. The van der Waals surface area contributed by atoms with Gasteiger partial charge < -0.3 is 24.3 Å². The molecule has 1 N–H and O–H groups in total. The molecule has 1 spiro atoms. The summed E-state index contributed by atoms with van der Waals surface area (Å²) in [7, 11) is 0. The van der Waals surface area contributed by atoms with Gasteiger partial charge in [0.2, 0.25) is 0 Å². The van der Waals surface area contributed by atoms with Gasteiger partial charge in [-0.05, 0) is 66.7 Å². The van der Waals surface area contributed by atoms with Gasteiger partial charge in [-0.2, -0.15) is 0 Å². The average Bonchev–Trinajstić information content (AvgIpc) is 3.36. The van der Waals surface area contributed by atoms with Gasteiger partial charge in [0, 0.05) is 86.9 Å². The van der Waals surface area contributed by atoms with Crippen molar-refractivity contribution in [3.63, 3.8) is 0 Å². The molecule has 0 bridgehead atoms. The minimum absolute atomic E-state index is 0.266. The molecule has 0 saturated heterocycles. The largest absolute Gasteiger partial charge is 0.456 e. The number of nitrogens with one attached hydrogen (secondary N) is 1. The Morgan fingerprint density at radius 1 is 0.755 bits per heavy atom. The summed E-state index contributed by atoms with van der Waals surface area (Å²) in [6, 6.07) is 27.2. The average molecular weight is 657 g/mol. The smallest absolute Gasteiger partial charge is 0.340 e. The van der Waals surface area contributed by atoms with Gasteiger partial charge in [0.25, 0.3) is 0 Å². The summed E-state index contributed by atoms with van der Waals surface area (Å²) in [5, 5.41) is 3.53. The third kappa shape index (κ3) is 6.43. The van der Waals surface area contributed by atoms with E-state index in [1.165, 1.54) is 13.8 Å². The zero-order chi connectivity index (χ0) is 34.0. The predicted molar refractivity (Wildman–Crippen MR) is 178 cm³/mol. The molecule has 0 saturated carbocycles. The van der Waals surface area contributed by atoms with E-state index in [0.717, 1.165) is 17.1 Å². The topological polar surface area (TPSA) is 129 Å². The lowest BCUT2D eigenvalue weighted by atomic mass is 9.77. The van der Waals surface area contributed by atoms with Gasteiger partial charge in [-0.25, -0.2) is 4.79 Å². The molecule has 0 unspecified atom stereocenters. The zero-order valence-corrected chi connectivity index (χ0v) is 26.8. The molecule has 0 radical (unpaired) electrons. The second-order valence-corrected chi connectivity index (χ2v) is 11.7. The number of nitrogens with zero attached hydrogens (tertiary/aromatic N) is 3. The van der Waals surface area contributed by atoms with Crippen LogP contribution in [0, 0.1) is 0 Å². The van der Waals surface area contributed by atoms with Crippen LogP contribution in [0.5, 0.6) is 23.0 Å². The number of hydrogen-bond acceptors (Lipinski definition) is 11. The molecule has 2 aromatic heterocycles. The number of carbonyl (C=O) groups is 3. The molecule has 0 fully saturated rings. The monoisotopic (exact) mass is 656 g/mol. The molecule has 5 aromatic rings. The van der Waals surface area contributed by atoms with Gasteiger partial charge in [0.05, 0.1) is 17.0 Å². The van der Waals surface area contributed by atoms with Crippen LogP contribution in [0.3, 0.4) is 0 Å². The number of ether oxygens (including phenoxy) is 4. The summed E-state index contributed by atoms with van der Waals surface area (Å²) >= 11 is 0. The molecule has 0 aliphatic carbocycles. The second kappa shape index (κ2) is 13.2. The zero-order valence-electron chi connectivity index (χ0n) is 26.8. The molecule has 0 amide bonds. The van der Waals surface area contributed by atoms with Gasteiger partial charge in [-0.1, -0.05) is 12.1 Å². The van der Waals surface area contributed by atoms with Gasteiger partial charge in [0.15, 0.2) is 5.60 Å². The van der Waals surface area contributed by atoms with E-state index < -0.39 is 23.5 Å². The van der Waals surface area contributed by atoms with Crippen LogP contribution in [0.15, 0.2) is 103 Å². The first kappa shape index (κ1) is 31.5. The Morgan fingerprint density at radius 2 is 1.35 bits per heavy atom. The standard InChI is InChI=1S/C38H32N4O7/c1-24(43)46-29-10-13-32-35(20-29)48-36-21-30(47-25(2)44)11-14-33(36)38(32)34-19-26(9-12-31(34)37(45)49-38)41-17-18-42(22-27-7-3-5-15-39-27)23-28-8-4-6-16-40-28/h3-16,19-21,41H,17-18,22-23H2,1-2H3. The van der Waals surface area contributed by atoms with Crippen LogP contribution in [0.25, 0.3) is 0 Å². The fourth-order valence-electron chi connectivity index (χ4n) is 6.26. The van der Waals surface area contributed by atoms with Crippen LogP contribution in [0.2, 0.25) is 0 Å². The number of anilines is 1. The van der Waals surface area contributed by atoms with Gasteiger partial charge in [0.1, 0.15) is 23.0 Å². The molecule has 4 heterocycles. The number of pyridine rings is 2. The van der Waals surface area contributed by atoms with E-state index in [1.807, 2.05) is 48.5 Å². The Labute approximate surface area is 282 Å². The van der Waals surface area contributed by atoms with Crippen molar-refractivity contribution in [1.29, 1.82) is 0 Å². The van der Waals surface area contributed by atoms with Crippen molar-refractivity contribution >= 4 is 23.6 Å². The van der Waals surface area contributed by atoms with Gasteiger partial charge in [-0.3, -0.25) is 24.5 Å². The number of aromatic nitrogens is 2. The number of fused-ring (bicyclic) bond motifs is 6. The van der Waals surface area contributed by atoms with Gasteiger partial charge >= 0.3 is 17.9 Å². The summed E-state index contributed by atoms with van der Waals surface area (Å²) in [5.74, 6) is -0.297. The minimum Gasteiger partial charge on any atom is -0.456 e. The van der Waals surface area contributed by atoms with Crippen LogP contribution >= 0.6 is 0 Å². The quantitative estimate of drug-likeness (QED) is 0.140. The van der Waals surface area contributed by atoms with Crippen LogP contribution in [-0.2, 0) is 33.0 Å². The van der Waals surface area contributed by atoms with E-state index in [9.17, 15) is 14.4 Å². The molecule has 0 atom stereocenters. The highest BCUT2D eigenvalue weighted by Crippen LogP contribution is 2.57. The molecule has 246 valence electrons. The van der Waals surface area contributed by atoms with E-state index >= 15 is 0 Å². The molecular weight excluding hydrogens is 624 g/mol. The van der Waals surface area contributed by atoms with Crippen molar-refractivity contribution in [2.45, 2.75) is 32.5 Å². The fraction of sp³-hybridized carbons (Fsp3) is 0.184. The first-order chi connectivity index (χ1) is 23.8. The summed E-state index contributed by atoms with van der Waals surface area (Å²) < 4.78 is 23.2. The predicted octanol–water partition coefficient (Wildman–Crippen LogP) is 6.01. The van der Waals surface area contributed by atoms with Crippen molar-refractivity contribution in [2.24, 2.45) is 0 Å². The lowest BCUT2D eigenvalue weighted by Gasteiger charge is -2.36. The van der Waals surface area contributed by atoms with Crippen molar-refractivity contribution in [3.8, 4) is 23.0 Å². The second-order valence-electron chi connectivity index (χ2n) is 11.7. The number of carbonyl (C=O) groups excluding carboxylic acids is 3. The number of benzene rings is 3. The van der Waals surface area contributed by atoms with E-state index in [4.69, 9.17) is 18.9 Å².